The Kier molecular flexibility index (Phi) is 7.73. The summed E-state index contributed by atoms with van der Waals surface area (Å²) in [5.41, 5.74) is 5.92. The van der Waals surface area contributed by atoms with Gasteiger partial charge in [0.2, 0.25) is 0 Å². The molecule has 0 radical (unpaired) electrons. The van der Waals surface area contributed by atoms with Crippen LogP contribution in [0.15, 0.2) is 84.5 Å². The van der Waals surface area contributed by atoms with Crippen molar-refractivity contribution in [2.75, 3.05) is 6.54 Å². The van der Waals surface area contributed by atoms with Crippen LogP contribution in [-0.2, 0) is 26.1 Å². The van der Waals surface area contributed by atoms with Gasteiger partial charge in [0.15, 0.2) is 5.78 Å². The van der Waals surface area contributed by atoms with Crippen molar-refractivity contribution in [2.24, 2.45) is 0 Å². The Morgan fingerprint density at radius 2 is 1.80 bits per heavy atom. The van der Waals surface area contributed by atoms with Crippen LogP contribution in [0.5, 0.6) is 0 Å². The number of carbonyl (C=O) groups is 1. The maximum absolute atomic E-state index is 13.1. The Hall–Kier alpha value is -3.19. The fraction of sp³-hybridized carbons (Fsp3) is 0.276. The summed E-state index contributed by atoms with van der Waals surface area (Å²) in [6, 6.07) is 22.9. The Morgan fingerprint density at radius 3 is 2.60 bits per heavy atom. The van der Waals surface area contributed by atoms with Crippen LogP contribution in [0.3, 0.4) is 0 Å². The highest BCUT2D eigenvalue weighted by molar-refractivity contribution is 7.12. The molecule has 5 rings (SSSR count). The van der Waals surface area contributed by atoms with Crippen molar-refractivity contribution in [1.82, 2.24) is 20.2 Å². The standard InChI is InChI=1S/C29H30N4OS/c34-27(28-10-5-17-35-28)21-33(26-9-3-6-24-7-4-16-32-29(24)26)20-23-13-11-22(12-14-23)18-30-19-25-8-1-2-15-31-25/h1-2,4-5,7-8,10-17,26,30H,3,6,9,18-21H2. The number of benzene rings is 1. The first kappa shape index (κ1) is 23.5. The normalized spacial score (nSPS) is 15.2. The molecule has 0 saturated carbocycles. The molecule has 0 bridgehead atoms. The summed E-state index contributed by atoms with van der Waals surface area (Å²) >= 11 is 1.52. The Bertz CT molecular complexity index is 1230. The zero-order chi connectivity index (χ0) is 23.9. The molecule has 6 heteroatoms. The highest BCUT2D eigenvalue weighted by atomic mass is 32.1. The van der Waals surface area contributed by atoms with Crippen LogP contribution < -0.4 is 5.32 Å². The third-order valence-corrected chi connectivity index (χ3v) is 7.43. The zero-order valence-electron chi connectivity index (χ0n) is 19.8. The smallest absolute Gasteiger partial charge is 0.186 e. The third-order valence-electron chi connectivity index (χ3n) is 6.52. The number of fused-ring (bicyclic) bond motifs is 1. The van der Waals surface area contributed by atoms with Crippen molar-refractivity contribution in [2.45, 2.75) is 44.9 Å². The highest BCUT2D eigenvalue weighted by Crippen LogP contribution is 2.34. The van der Waals surface area contributed by atoms with Gasteiger partial charge in [0, 0.05) is 32.0 Å². The summed E-state index contributed by atoms with van der Waals surface area (Å²) in [6.07, 6.45) is 6.90. The van der Waals surface area contributed by atoms with E-state index in [0.29, 0.717) is 6.54 Å². The second-order valence-electron chi connectivity index (χ2n) is 9.00. The molecule has 5 nitrogen and oxygen atoms in total. The number of carbonyl (C=O) groups excluding carboxylic acids is 1. The first-order valence-electron chi connectivity index (χ1n) is 12.2. The first-order chi connectivity index (χ1) is 17.3. The number of hydrogen-bond acceptors (Lipinski definition) is 6. The minimum atomic E-state index is 0.156. The molecule has 1 aliphatic rings. The van der Waals surface area contributed by atoms with Gasteiger partial charge < -0.3 is 5.32 Å². The monoisotopic (exact) mass is 482 g/mol. The number of aryl methyl sites for hydroxylation is 1. The topological polar surface area (TPSA) is 58.1 Å². The molecular weight excluding hydrogens is 452 g/mol. The average Bonchev–Trinajstić information content (AvgIpc) is 3.45. The van der Waals surface area contributed by atoms with E-state index in [1.165, 1.54) is 28.0 Å². The molecule has 1 atom stereocenters. The second-order valence-corrected chi connectivity index (χ2v) is 9.95. The Morgan fingerprint density at radius 1 is 0.943 bits per heavy atom. The maximum atomic E-state index is 13.1. The molecule has 0 amide bonds. The molecule has 4 aromatic rings. The number of nitrogens with one attached hydrogen (secondary N) is 1. The molecule has 0 fully saturated rings. The second kappa shape index (κ2) is 11.5. The number of hydrogen-bond donors (Lipinski definition) is 1. The molecule has 3 heterocycles. The summed E-state index contributed by atoms with van der Waals surface area (Å²) in [4.78, 5) is 25.3. The molecule has 1 N–H and O–H groups in total. The summed E-state index contributed by atoms with van der Waals surface area (Å²) < 4.78 is 0. The lowest BCUT2D eigenvalue weighted by Crippen LogP contribution is -2.35. The number of nitrogens with zero attached hydrogens (tertiary/aromatic N) is 3. The molecule has 0 aliphatic heterocycles. The van der Waals surface area contributed by atoms with Gasteiger partial charge >= 0.3 is 0 Å². The third kappa shape index (κ3) is 6.09. The van der Waals surface area contributed by atoms with Gasteiger partial charge in [0.05, 0.1) is 28.9 Å². The van der Waals surface area contributed by atoms with Gasteiger partial charge in [-0.15, -0.1) is 11.3 Å². The van der Waals surface area contributed by atoms with E-state index in [4.69, 9.17) is 4.98 Å². The van der Waals surface area contributed by atoms with E-state index >= 15 is 0 Å². The maximum Gasteiger partial charge on any atom is 0.186 e. The molecule has 1 aromatic carbocycles. The molecule has 1 aliphatic carbocycles. The lowest BCUT2D eigenvalue weighted by molar-refractivity contribution is 0.0865. The van der Waals surface area contributed by atoms with Crippen molar-refractivity contribution in [1.29, 1.82) is 0 Å². The SMILES string of the molecule is O=C(CN(Cc1ccc(CNCc2ccccn2)cc1)C1CCCc2cccnc21)c1cccs1. The molecule has 1 unspecified atom stereocenters. The van der Waals surface area contributed by atoms with Crippen molar-refractivity contribution < 1.29 is 4.79 Å². The minimum absolute atomic E-state index is 0.156. The quantitative estimate of drug-likeness (QED) is 0.299. The van der Waals surface area contributed by atoms with Crippen LogP contribution in [0.2, 0.25) is 0 Å². The summed E-state index contributed by atoms with van der Waals surface area (Å²) in [5, 5.41) is 5.43. The van der Waals surface area contributed by atoms with Crippen molar-refractivity contribution in [3.05, 3.63) is 117 Å². The number of aromatic nitrogens is 2. The van der Waals surface area contributed by atoms with Crippen LogP contribution in [-0.4, -0.2) is 27.2 Å². The van der Waals surface area contributed by atoms with Crippen LogP contribution in [0.25, 0.3) is 0 Å². The van der Waals surface area contributed by atoms with Crippen molar-refractivity contribution in [3.8, 4) is 0 Å². The molecule has 35 heavy (non-hydrogen) atoms. The van der Waals surface area contributed by atoms with Crippen molar-refractivity contribution >= 4 is 17.1 Å². The lowest BCUT2D eigenvalue weighted by Gasteiger charge is -2.34. The first-order valence-corrected chi connectivity index (χ1v) is 13.1. The average molecular weight is 483 g/mol. The summed E-state index contributed by atoms with van der Waals surface area (Å²) in [7, 11) is 0. The minimum Gasteiger partial charge on any atom is -0.307 e. The van der Waals surface area contributed by atoms with E-state index in [-0.39, 0.29) is 11.8 Å². The van der Waals surface area contributed by atoms with Crippen LogP contribution >= 0.6 is 11.3 Å². The summed E-state index contributed by atoms with van der Waals surface area (Å²) in [5.74, 6) is 0.179. The number of thiophene rings is 1. The van der Waals surface area contributed by atoms with Gasteiger partial charge in [-0.25, -0.2) is 0 Å². The number of pyridine rings is 2. The predicted octanol–water partition coefficient (Wildman–Crippen LogP) is 5.59. The number of rotatable bonds is 10. The Labute approximate surface area is 210 Å². The van der Waals surface area contributed by atoms with Gasteiger partial charge in [-0.05, 0) is 65.6 Å². The van der Waals surface area contributed by atoms with Gasteiger partial charge in [-0.1, -0.05) is 42.5 Å². The lowest BCUT2D eigenvalue weighted by atomic mass is 9.90. The fourth-order valence-electron chi connectivity index (χ4n) is 4.75. The largest absolute Gasteiger partial charge is 0.307 e. The molecule has 0 spiro atoms. The molecule has 178 valence electrons. The van der Waals surface area contributed by atoms with Crippen molar-refractivity contribution in [3.63, 3.8) is 0 Å². The molecule has 0 saturated heterocycles. The van der Waals surface area contributed by atoms with E-state index in [0.717, 1.165) is 55.2 Å². The predicted molar refractivity (Wildman–Crippen MR) is 140 cm³/mol. The van der Waals surface area contributed by atoms with E-state index in [1.807, 2.05) is 54.2 Å². The zero-order valence-corrected chi connectivity index (χ0v) is 20.6. The van der Waals surface area contributed by atoms with E-state index in [1.54, 1.807) is 0 Å². The number of Topliss-reactive ketones (excluding diaryl/α,β-unsaturated/α-hetero) is 1. The molecule has 3 aromatic heterocycles. The van der Waals surface area contributed by atoms with Crippen LogP contribution in [0, 0.1) is 0 Å². The van der Waals surface area contributed by atoms with Crippen LogP contribution in [0.4, 0.5) is 0 Å². The Balaban J connectivity index is 1.28. The van der Waals surface area contributed by atoms with E-state index in [9.17, 15) is 4.79 Å². The highest BCUT2D eigenvalue weighted by Gasteiger charge is 2.29. The fourth-order valence-corrected chi connectivity index (χ4v) is 5.41. The van der Waals surface area contributed by atoms with Crippen LogP contribution in [0.1, 0.15) is 56.6 Å². The van der Waals surface area contributed by atoms with Gasteiger partial charge in [-0.3, -0.25) is 19.7 Å². The van der Waals surface area contributed by atoms with E-state index in [2.05, 4.69) is 45.5 Å². The number of ketones is 1. The van der Waals surface area contributed by atoms with Gasteiger partial charge in [-0.2, -0.15) is 0 Å². The summed E-state index contributed by atoms with van der Waals surface area (Å²) in [6.45, 7) is 2.65. The van der Waals surface area contributed by atoms with Gasteiger partial charge in [0.1, 0.15) is 0 Å². The molecular formula is C29H30N4OS. The van der Waals surface area contributed by atoms with Gasteiger partial charge in [0.25, 0.3) is 0 Å². The van der Waals surface area contributed by atoms with E-state index < -0.39 is 0 Å².